The van der Waals surface area contributed by atoms with Gasteiger partial charge in [-0.1, -0.05) is 11.6 Å². The van der Waals surface area contributed by atoms with E-state index in [2.05, 4.69) is 4.98 Å². The van der Waals surface area contributed by atoms with Gasteiger partial charge in [0, 0.05) is 21.5 Å². The molecule has 0 aliphatic rings. The molecule has 0 unspecified atom stereocenters. The van der Waals surface area contributed by atoms with Gasteiger partial charge in [0.2, 0.25) is 0 Å². The van der Waals surface area contributed by atoms with Crippen molar-refractivity contribution in [3.05, 3.63) is 58.9 Å². The Balaban J connectivity index is 2.28. The first-order chi connectivity index (χ1) is 9.19. The van der Waals surface area contributed by atoms with Crippen molar-refractivity contribution in [3.8, 4) is 11.3 Å². The zero-order valence-electron chi connectivity index (χ0n) is 9.78. The largest absolute Gasteiger partial charge is 0.354 e. The van der Waals surface area contributed by atoms with Crippen LogP contribution in [0, 0.1) is 5.82 Å². The van der Waals surface area contributed by atoms with Crippen LogP contribution < -0.4 is 0 Å². The molecule has 1 N–H and O–H groups in total. The number of aromatic nitrogens is 1. The highest BCUT2D eigenvalue weighted by atomic mass is 35.5. The predicted molar refractivity (Wildman–Crippen MR) is 74.1 cm³/mol. The van der Waals surface area contributed by atoms with Gasteiger partial charge in [-0.3, -0.25) is 4.79 Å². The maximum Gasteiger partial charge on any atom is 0.152 e. The third-order valence-corrected chi connectivity index (χ3v) is 3.29. The molecule has 2 aromatic carbocycles. The Hall–Kier alpha value is -2.13. The molecule has 0 saturated heterocycles. The number of halogens is 2. The summed E-state index contributed by atoms with van der Waals surface area (Å²) in [7, 11) is 0. The maximum absolute atomic E-state index is 12.9. The number of hydrogen-bond donors (Lipinski definition) is 1. The van der Waals surface area contributed by atoms with E-state index in [4.69, 9.17) is 11.6 Å². The summed E-state index contributed by atoms with van der Waals surface area (Å²) in [5.74, 6) is -0.310. The average Bonchev–Trinajstić information content (AvgIpc) is 2.77. The van der Waals surface area contributed by atoms with Crippen LogP contribution in [-0.4, -0.2) is 11.3 Å². The minimum atomic E-state index is -0.310. The van der Waals surface area contributed by atoms with E-state index >= 15 is 0 Å². The molecule has 3 rings (SSSR count). The summed E-state index contributed by atoms with van der Waals surface area (Å²) in [5.41, 5.74) is 2.79. The molecule has 19 heavy (non-hydrogen) atoms. The Morgan fingerprint density at radius 2 is 1.84 bits per heavy atom. The van der Waals surface area contributed by atoms with Crippen molar-refractivity contribution in [2.24, 2.45) is 0 Å². The average molecular weight is 274 g/mol. The zero-order valence-corrected chi connectivity index (χ0v) is 10.5. The quantitative estimate of drug-likeness (QED) is 0.688. The van der Waals surface area contributed by atoms with Crippen molar-refractivity contribution in [1.82, 2.24) is 4.98 Å². The summed E-state index contributed by atoms with van der Waals surface area (Å²) in [4.78, 5) is 14.5. The number of hydrogen-bond acceptors (Lipinski definition) is 1. The smallest absolute Gasteiger partial charge is 0.152 e. The highest BCUT2D eigenvalue weighted by molar-refractivity contribution is 6.31. The summed E-state index contributed by atoms with van der Waals surface area (Å²) >= 11 is 5.94. The SMILES string of the molecule is O=Cc1c(-c2ccc(F)cc2)[nH]c2ccc(Cl)cc12. The molecule has 1 heterocycles. The highest BCUT2D eigenvalue weighted by Gasteiger charge is 2.12. The molecular weight excluding hydrogens is 265 g/mol. The highest BCUT2D eigenvalue weighted by Crippen LogP contribution is 2.30. The molecule has 0 bridgehead atoms. The Kier molecular flexibility index (Phi) is 2.84. The first-order valence-electron chi connectivity index (χ1n) is 5.71. The summed E-state index contributed by atoms with van der Waals surface area (Å²) in [6.07, 6.45) is 0.786. The molecule has 0 saturated carbocycles. The second-order valence-corrected chi connectivity index (χ2v) is 4.66. The molecule has 0 aliphatic carbocycles. The second-order valence-electron chi connectivity index (χ2n) is 4.23. The third kappa shape index (κ3) is 2.02. The van der Waals surface area contributed by atoms with Gasteiger partial charge in [-0.25, -0.2) is 4.39 Å². The van der Waals surface area contributed by atoms with E-state index < -0.39 is 0 Å². The molecule has 0 aliphatic heterocycles. The lowest BCUT2D eigenvalue weighted by molar-refractivity contribution is 0.112. The van der Waals surface area contributed by atoms with Crippen molar-refractivity contribution in [2.75, 3.05) is 0 Å². The van der Waals surface area contributed by atoms with Crippen LogP contribution in [-0.2, 0) is 0 Å². The summed E-state index contributed by atoms with van der Waals surface area (Å²) in [6, 6.07) is 11.3. The molecular formula is C15H9ClFNO. The predicted octanol–water partition coefficient (Wildman–Crippen LogP) is 4.44. The van der Waals surface area contributed by atoms with Crippen LogP contribution in [0.2, 0.25) is 5.02 Å². The van der Waals surface area contributed by atoms with Crippen molar-refractivity contribution >= 4 is 28.8 Å². The van der Waals surface area contributed by atoms with Gasteiger partial charge in [0.05, 0.1) is 5.69 Å². The Labute approximate surface area is 113 Å². The zero-order chi connectivity index (χ0) is 13.4. The molecule has 0 radical (unpaired) electrons. The van der Waals surface area contributed by atoms with E-state index in [1.807, 2.05) is 6.07 Å². The summed E-state index contributed by atoms with van der Waals surface area (Å²) in [5, 5.41) is 1.34. The van der Waals surface area contributed by atoms with Gasteiger partial charge < -0.3 is 4.98 Å². The van der Waals surface area contributed by atoms with E-state index in [-0.39, 0.29) is 5.82 Å². The number of H-pyrrole nitrogens is 1. The third-order valence-electron chi connectivity index (χ3n) is 3.05. The van der Waals surface area contributed by atoms with Crippen LogP contribution in [0.15, 0.2) is 42.5 Å². The lowest BCUT2D eigenvalue weighted by Gasteiger charge is -1.99. The fraction of sp³-hybridized carbons (Fsp3) is 0. The number of aromatic amines is 1. The molecule has 3 aromatic rings. The first kappa shape index (κ1) is 11.9. The van der Waals surface area contributed by atoms with Gasteiger partial charge in [0.25, 0.3) is 0 Å². The van der Waals surface area contributed by atoms with Gasteiger partial charge in [0.1, 0.15) is 5.82 Å². The van der Waals surface area contributed by atoms with E-state index in [1.54, 1.807) is 24.3 Å². The monoisotopic (exact) mass is 273 g/mol. The van der Waals surface area contributed by atoms with Crippen LogP contribution in [0.1, 0.15) is 10.4 Å². The number of nitrogens with one attached hydrogen (secondary N) is 1. The van der Waals surface area contributed by atoms with Crippen LogP contribution in [0.4, 0.5) is 4.39 Å². The minimum Gasteiger partial charge on any atom is -0.354 e. The van der Waals surface area contributed by atoms with Crippen molar-refractivity contribution in [2.45, 2.75) is 0 Å². The first-order valence-corrected chi connectivity index (χ1v) is 6.09. The fourth-order valence-electron chi connectivity index (χ4n) is 2.15. The van der Waals surface area contributed by atoms with Crippen molar-refractivity contribution in [1.29, 1.82) is 0 Å². The van der Waals surface area contributed by atoms with Crippen molar-refractivity contribution in [3.63, 3.8) is 0 Å². The number of fused-ring (bicyclic) bond motifs is 1. The molecule has 0 amide bonds. The lowest BCUT2D eigenvalue weighted by atomic mass is 10.1. The second kappa shape index (κ2) is 4.52. The summed E-state index contributed by atoms with van der Waals surface area (Å²) in [6.45, 7) is 0. The fourth-order valence-corrected chi connectivity index (χ4v) is 2.32. The van der Waals surface area contributed by atoms with Gasteiger partial charge >= 0.3 is 0 Å². The number of benzene rings is 2. The molecule has 0 fully saturated rings. The minimum absolute atomic E-state index is 0.310. The topological polar surface area (TPSA) is 32.9 Å². The number of carbonyl (C=O) groups excluding carboxylic acids is 1. The van der Waals surface area contributed by atoms with E-state index in [0.29, 0.717) is 16.3 Å². The Morgan fingerprint density at radius 1 is 1.11 bits per heavy atom. The molecule has 0 atom stereocenters. The van der Waals surface area contributed by atoms with Crippen LogP contribution >= 0.6 is 11.6 Å². The lowest BCUT2D eigenvalue weighted by Crippen LogP contribution is -1.84. The summed E-state index contributed by atoms with van der Waals surface area (Å²) < 4.78 is 12.9. The maximum atomic E-state index is 12.9. The molecule has 2 nitrogen and oxygen atoms in total. The van der Waals surface area contributed by atoms with Gasteiger partial charge in [-0.05, 0) is 48.0 Å². The number of aldehydes is 1. The Morgan fingerprint density at radius 3 is 2.53 bits per heavy atom. The molecule has 0 spiro atoms. The van der Waals surface area contributed by atoms with E-state index in [1.165, 1.54) is 12.1 Å². The normalized spacial score (nSPS) is 10.8. The Bertz CT molecular complexity index is 762. The standard InChI is InChI=1S/C15H9ClFNO/c16-10-3-6-14-12(7-10)13(8-19)15(18-14)9-1-4-11(17)5-2-9/h1-8,18H. The van der Waals surface area contributed by atoms with E-state index in [9.17, 15) is 9.18 Å². The number of rotatable bonds is 2. The molecule has 4 heteroatoms. The van der Waals surface area contributed by atoms with Crippen molar-refractivity contribution < 1.29 is 9.18 Å². The van der Waals surface area contributed by atoms with Crippen LogP contribution in [0.5, 0.6) is 0 Å². The van der Waals surface area contributed by atoms with Crippen LogP contribution in [0.3, 0.4) is 0 Å². The van der Waals surface area contributed by atoms with E-state index in [0.717, 1.165) is 22.8 Å². The van der Waals surface area contributed by atoms with Gasteiger partial charge in [-0.2, -0.15) is 0 Å². The number of carbonyl (C=O) groups is 1. The van der Waals surface area contributed by atoms with Gasteiger partial charge in [0.15, 0.2) is 6.29 Å². The molecule has 1 aromatic heterocycles. The van der Waals surface area contributed by atoms with Gasteiger partial charge in [-0.15, -0.1) is 0 Å². The van der Waals surface area contributed by atoms with Crippen LogP contribution in [0.25, 0.3) is 22.2 Å². The molecule has 94 valence electrons.